The molecule has 0 radical (unpaired) electrons. The second-order valence-corrected chi connectivity index (χ2v) is 2.82. The molecule has 0 saturated heterocycles. The van der Waals surface area contributed by atoms with E-state index in [2.05, 4.69) is 0 Å². The van der Waals surface area contributed by atoms with Crippen LogP contribution in [0.1, 0.15) is 6.42 Å². The fraction of sp³-hybridized carbons (Fsp3) is 0.667. The minimum absolute atomic E-state index is 0.250. The summed E-state index contributed by atoms with van der Waals surface area (Å²) in [5.74, 6) is -0.1000. The van der Waals surface area contributed by atoms with Crippen LogP contribution in [0.15, 0.2) is 0 Å². The van der Waals surface area contributed by atoms with Gasteiger partial charge < -0.3 is 15.9 Å². The Morgan fingerprint density at radius 2 is 2.17 bits per heavy atom. The smallest absolute Gasteiger partial charge is 0.320 e. The molecule has 0 aliphatic rings. The van der Waals surface area contributed by atoms with Crippen molar-refractivity contribution in [1.82, 2.24) is 0 Å². The van der Waals surface area contributed by atoms with E-state index >= 15 is 0 Å². The molecule has 12 heavy (non-hydrogen) atoms. The highest BCUT2D eigenvalue weighted by Gasteiger charge is 2.08. The summed E-state index contributed by atoms with van der Waals surface area (Å²) in [5, 5.41) is 15.2. The molecular formula is C6H13NO4S. The largest absolute Gasteiger partial charge is 0.483 e. The van der Waals surface area contributed by atoms with Crippen molar-refractivity contribution in [2.45, 2.75) is 12.5 Å². The number of thioether (sulfide) groups is 1. The molecule has 0 saturated carbocycles. The van der Waals surface area contributed by atoms with E-state index in [0.29, 0.717) is 6.42 Å². The van der Waals surface area contributed by atoms with Crippen molar-refractivity contribution in [3.05, 3.63) is 0 Å². The molecule has 0 aromatic rings. The van der Waals surface area contributed by atoms with Gasteiger partial charge >= 0.3 is 5.97 Å². The van der Waals surface area contributed by atoms with Crippen LogP contribution in [0.25, 0.3) is 0 Å². The Hall–Kier alpha value is -0.750. The Morgan fingerprint density at radius 3 is 2.42 bits per heavy atom. The fourth-order valence-electron chi connectivity index (χ4n) is 0.368. The molecular weight excluding hydrogens is 182 g/mol. The number of aliphatic carboxylic acids is 1. The predicted octanol–water partition coefficient (Wildman–Crippen LogP) is -0.148. The van der Waals surface area contributed by atoms with Gasteiger partial charge in [0.05, 0.1) is 0 Å². The summed E-state index contributed by atoms with van der Waals surface area (Å²) in [7, 11) is 0. The van der Waals surface area contributed by atoms with Crippen molar-refractivity contribution < 1.29 is 19.8 Å². The molecule has 0 aromatic carbocycles. The molecule has 0 unspecified atom stereocenters. The van der Waals surface area contributed by atoms with Gasteiger partial charge in [0.2, 0.25) is 0 Å². The van der Waals surface area contributed by atoms with Gasteiger partial charge in [0.25, 0.3) is 6.47 Å². The van der Waals surface area contributed by atoms with Crippen LogP contribution in [-0.2, 0) is 9.59 Å². The molecule has 0 fully saturated rings. The zero-order valence-corrected chi connectivity index (χ0v) is 7.58. The molecule has 0 aromatic heterocycles. The third-order valence-electron chi connectivity index (χ3n) is 0.950. The molecule has 0 amide bonds. The molecule has 4 N–H and O–H groups in total. The van der Waals surface area contributed by atoms with Crippen LogP contribution in [0.5, 0.6) is 0 Å². The normalized spacial score (nSPS) is 10.8. The standard InChI is InChI=1S/C5H11NO2S.CH2O2/c1-9-3-2-4(6)5(7)8;2-1-3/h4H,2-3,6H2,1H3,(H,7,8);1H,(H,2,3)/t4-;/m0./s1. The first-order chi connectivity index (χ1) is 5.59. The van der Waals surface area contributed by atoms with Crippen LogP contribution >= 0.6 is 11.8 Å². The molecule has 0 bridgehead atoms. The fourth-order valence-corrected chi connectivity index (χ4v) is 0.858. The Kier molecular flexibility index (Phi) is 11.8. The average molecular weight is 195 g/mol. The van der Waals surface area contributed by atoms with Gasteiger partial charge in [0.1, 0.15) is 6.04 Å². The van der Waals surface area contributed by atoms with E-state index < -0.39 is 12.0 Å². The molecule has 0 spiro atoms. The van der Waals surface area contributed by atoms with Crippen LogP contribution < -0.4 is 5.73 Å². The lowest BCUT2D eigenvalue weighted by molar-refractivity contribution is -0.138. The van der Waals surface area contributed by atoms with Crippen molar-refractivity contribution in [3.8, 4) is 0 Å². The number of carboxylic acids is 1. The van der Waals surface area contributed by atoms with E-state index in [1.807, 2.05) is 6.26 Å². The summed E-state index contributed by atoms with van der Waals surface area (Å²) < 4.78 is 0. The van der Waals surface area contributed by atoms with E-state index in [4.69, 9.17) is 20.7 Å². The lowest BCUT2D eigenvalue weighted by Crippen LogP contribution is -2.30. The molecule has 5 nitrogen and oxygen atoms in total. The van der Waals surface area contributed by atoms with Gasteiger partial charge in [-0.2, -0.15) is 11.8 Å². The minimum atomic E-state index is -0.913. The summed E-state index contributed by atoms with van der Waals surface area (Å²) in [6, 6.07) is -0.683. The number of nitrogens with two attached hydrogens (primary N) is 1. The van der Waals surface area contributed by atoms with Crippen LogP contribution in [-0.4, -0.2) is 40.7 Å². The zero-order chi connectivity index (χ0) is 9.98. The number of carboxylic acid groups (broad SMARTS) is 2. The number of rotatable bonds is 4. The van der Waals surface area contributed by atoms with Crippen molar-refractivity contribution in [1.29, 1.82) is 0 Å². The van der Waals surface area contributed by atoms with Crippen LogP contribution in [0.3, 0.4) is 0 Å². The Balaban J connectivity index is 0. The first-order valence-corrected chi connectivity index (χ1v) is 4.54. The molecule has 72 valence electrons. The van der Waals surface area contributed by atoms with E-state index in [-0.39, 0.29) is 6.47 Å². The third-order valence-corrected chi connectivity index (χ3v) is 1.59. The van der Waals surface area contributed by atoms with Crippen molar-refractivity contribution in [3.63, 3.8) is 0 Å². The minimum Gasteiger partial charge on any atom is -0.483 e. The topological polar surface area (TPSA) is 101 Å². The molecule has 0 aliphatic carbocycles. The van der Waals surface area contributed by atoms with Crippen LogP contribution in [0, 0.1) is 0 Å². The van der Waals surface area contributed by atoms with Crippen LogP contribution in [0.4, 0.5) is 0 Å². The molecule has 0 aliphatic heterocycles. The summed E-state index contributed by atoms with van der Waals surface area (Å²) in [4.78, 5) is 18.4. The predicted molar refractivity (Wildman–Crippen MR) is 47.3 cm³/mol. The number of hydrogen-bond acceptors (Lipinski definition) is 4. The Bertz CT molecular complexity index is 131. The number of carbonyl (C=O) groups is 2. The molecule has 1 atom stereocenters. The summed E-state index contributed by atoms with van der Waals surface area (Å²) in [5.41, 5.74) is 5.19. The Morgan fingerprint density at radius 1 is 1.75 bits per heavy atom. The van der Waals surface area contributed by atoms with Gasteiger partial charge in [-0.25, -0.2) is 0 Å². The van der Waals surface area contributed by atoms with Gasteiger partial charge in [0.15, 0.2) is 0 Å². The molecule has 0 rings (SSSR count). The molecule has 6 heteroatoms. The van der Waals surface area contributed by atoms with Gasteiger partial charge in [-0.05, 0) is 18.4 Å². The quantitative estimate of drug-likeness (QED) is 0.539. The van der Waals surface area contributed by atoms with Crippen molar-refractivity contribution in [2.75, 3.05) is 12.0 Å². The lowest BCUT2D eigenvalue weighted by atomic mass is 10.2. The Labute approximate surface area is 74.9 Å². The van der Waals surface area contributed by atoms with Gasteiger partial charge in [-0.3, -0.25) is 9.59 Å². The SMILES string of the molecule is CSCC[C@H](N)C(=O)O.O=CO. The highest BCUT2D eigenvalue weighted by Crippen LogP contribution is 1.97. The first kappa shape index (κ1) is 13.8. The second kappa shape index (κ2) is 10.2. The van der Waals surface area contributed by atoms with E-state index in [0.717, 1.165) is 5.75 Å². The first-order valence-electron chi connectivity index (χ1n) is 3.15. The second-order valence-electron chi connectivity index (χ2n) is 1.83. The third kappa shape index (κ3) is 12.0. The van der Waals surface area contributed by atoms with Crippen molar-refractivity contribution >= 4 is 24.2 Å². The summed E-state index contributed by atoms with van der Waals surface area (Å²) in [6.07, 6.45) is 2.48. The van der Waals surface area contributed by atoms with E-state index in [1.165, 1.54) is 0 Å². The average Bonchev–Trinajstić information content (AvgIpc) is 2.01. The highest BCUT2D eigenvalue weighted by molar-refractivity contribution is 7.98. The van der Waals surface area contributed by atoms with Gasteiger partial charge in [-0.1, -0.05) is 0 Å². The zero-order valence-electron chi connectivity index (χ0n) is 6.77. The van der Waals surface area contributed by atoms with Crippen molar-refractivity contribution in [2.24, 2.45) is 5.73 Å². The maximum atomic E-state index is 10.1. The van der Waals surface area contributed by atoms with Gasteiger partial charge in [0, 0.05) is 0 Å². The van der Waals surface area contributed by atoms with Gasteiger partial charge in [-0.15, -0.1) is 0 Å². The maximum Gasteiger partial charge on any atom is 0.320 e. The van der Waals surface area contributed by atoms with E-state index in [9.17, 15) is 4.79 Å². The van der Waals surface area contributed by atoms with E-state index in [1.54, 1.807) is 11.8 Å². The number of hydrogen-bond donors (Lipinski definition) is 3. The lowest BCUT2D eigenvalue weighted by Gasteiger charge is -2.02. The summed E-state index contributed by atoms with van der Waals surface area (Å²) >= 11 is 1.60. The maximum absolute atomic E-state index is 10.1. The highest BCUT2D eigenvalue weighted by atomic mass is 32.2. The molecule has 0 heterocycles. The monoisotopic (exact) mass is 195 g/mol. The summed E-state index contributed by atoms with van der Waals surface area (Å²) in [6.45, 7) is -0.250. The van der Waals surface area contributed by atoms with Crippen LogP contribution in [0.2, 0.25) is 0 Å².